The Hall–Kier alpha value is -1.28. The molecule has 80 valence electrons. The van der Waals surface area contributed by atoms with Gasteiger partial charge in [0.1, 0.15) is 11.9 Å². The summed E-state index contributed by atoms with van der Waals surface area (Å²) < 4.78 is 10.9. The van der Waals surface area contributed by atoms with Crippen LogP contribution in [-0.4, -0.2) is 14.2 Å². The molecule has 2 rings (SSSR count). The summed E-state index contributed by atoms with van der Waals surface area (Å²) in [5.74, 6) is 0.913. The first-order chi connectivity index (χ1) is 7.20. The molecule has 1 unspecified atom stereocenters. The van der Waals surface area contributed by atoms with Crippen LogP contribution in [-0.2, 0) is 4.74 Å². The second-order valence-corrected chi connectivity index (χ2v) is 3.85. The van der Waals surface area contributed by atoms with E-state index in [0.29, 0.717) is 0 Å². The molecule has 1 aliphatic rings. The zero-order valence-electron chi connectivity index (χ0n) is 9.63. The van der Waals surface area contributed by atoms with Crippen molar-refractivity contribution in [3.63, 3.8) is 0 Å². The van der Waals surface area contributed by atoms with E-state index in [1.54, 1.807) is 14.2 Å². The van der Waals surface area contributed by atoms with E-state index >= 15 is 0 Å². The Balaban J connectivity index is 2.63. The number of hydrogen-bond donors (Lipinski definition) is 0. The minimum atomic E-state index is 0.0520. The third-order valence-corrected chi connectivity index (χ3v) is 3.17. The van der Waals surface area contributed by atoms with Crippen LogP contribution in [0.3, 0.4) is 0 Å². The molecule has 0 N–H and O–H groups in total. The number of rotatable bonds is 2. The van der Waals surface area contributed by atoms with Crippen LogP contribution in [0.1, 0.15) is 31.1 Å². The highest BCUT2D eigenvalue weighted by Gasteiger charge is 2.29. The molecule has 1 atom stereocenters. The summed E-state index contributed by atoms with van der Waals surface area (Å²) in [4.78, 5) is 0. The first-order valence-electron chi connectivity index (χ1n) is 5.08. The lowest BCUT2D eigenvalue weighted by Crippen LogP contribution is -2.01. The Morgan fingerprint density at radius 3 is 2.47 bits per heavy atom. The zero-order valence-corrected chi connectivity index (χ0v) is 9.63. The van der Waals surface area contributed by atoms with Gasteiger partial charge in [0, 0.05) is 12.7 Å². The van der Waals surface area contributed by atoms with Gasteiger partial charge < -0.3 is 9.47 Å². The van der Waals surface area contributed by atoms with Crippen LogP contribution in [0.4, 0.5) is 0 Å². The largest absolute Gasteiger partial charge is 0.496 e. The molecule has 0 radical (unpaired) electrons. The molecular formula is C13H16O2. The lowest BCUT2D eigenvalue weighted by molar-refractivity contribution is 0.133. The van der Waals surface area contributed by atoms with Gasteiger partial charge in [-0.15, -0.1) is 0 Å². The normalized spacial score (nSPS) is 19.3. The smallest absolute Gasteiger partial charge is 0.125 e. The number of methoxy groups -OCH3 is 2. The molecule has 1 aromatic rings. The van der Waals surface area contributed by atoms with Crippen molar-refractivity contribution < 1.29 is 9.47 Å². The third-order valence-electron chi connectivity index (χ3n) is 3.17. The minimum absolute atomic E-state index is 0.0520. The van der Waals surface area contributed by atoms with Crippen LogP contribution in [0, 0.1) is 0 Å². The molecule has 0 aromatic heterocycles. The van der Waals surface area contributed by atoms with Gasteiger partial charge in [-0.2, -0.15) is 0 Å². The molecule has 0 amide bonds. The van der Waals surface area contributed by atoms with Gasteiger partial charge in [-0.1, -0.05) is 12.1 Å². The summed E-state index contributed by atoms with van der Waals surface area (Å²) in [5.41, 5.74) is 4.99. The molecule has 0 fully saturated rings. The maximum absolute atomic E-state index is 5.52. The summed E-state index contributed by atoms with van der Waals surface area (Å²) in [6.07, 6.45) is 0.0520. The van der Waals surface area contributed by atoms with E-state index in [1.165, 1.54) is 16.7 Å². The highest BCUT2D eigenvalue weighted by Crippen LogP contribution is 2.45. The van der Waals surface area contributed by atoms with E-state index in [4.69, 9.17) is 9.47 Å². The predicted molar refractivity (Wildman–Crippen MR) is 61.0 cm³/mol. The molecule has 0 heterocycles. The summed E-state index contributed by atoms with van der Waals surface area (Å²) in [7, 11) is 3.44. The van der Waals surface area contributed by atoms with Crippen molar-refractivity contribution in [1.29, 1.82) is 0 Å². The fourth-order valence-corrected chi connectivity index (χ4v) is 2.24. The SMILES string of the molecule is COc1cccc2c1C(OC)C(C)=C2C. The molecule has 15 heavy (non-hydrogen) atoms. The van der Waals surface area contributed by atoms with Crippen LogP contribution >= 0.6 is 0 Å². The van der Waals surface area contributed by atoms with Gasteiger partial charge in [0.15, 0.2) is 0 Å². The van der Waals surface area contributed by atoms with Crippen LogP contribution in [0.15, 0.2) is 23.8 Å². The molecule has 2 nitrogen and oxygen atoms in total. The molecular weight excluding hydrogens is 188 g/mol. The van der Waals surface area contributed by atoms with Crippen molar-refractivity contribution in [2.75, 3.05) is 14.2 Å². The summed E-state index contributed by atoms with van der Waals surface area (Å²) in [6, 6.07) is 6.12. The lowest BCUT2D eigenvalue weighted by atomic mass is 10.0. The Morgan fingerprint density at radius 2 is 1.87 bits per heavy atom. The van der Waals surface area contributed by atoms with Crippen molar-refractivity contribution in [3.8, 4) is 5.75 Å². The van der Waals surface area contributed by atoms with Crippen LogP contribution in [0.2, 0.25) is 0 Å². The van der Waals surface area contributed by atoms with Gasteiger partial charge in [-0.05, 0) is 36.6 Å². The first kappa shape index (κ1) is 10.2. The highest BCUT2D eigenvalue weighted by molar-refractivity contribution is 5.78. The predicted octanol–water partition coefficient (Wildman–Crippen LogP) is 3.19. The van der Waals surface area contributed by atoms with Gasteiger partial charge in [0.05, 0.1) is 7.11 Å². The average molecular weight is 204 g/mol. The Bertz CT molecular complexity index is 419. The summed E-state index contributed by atoms with van der Waals surface area (Å²) in [6.45, 7) is 4.25. The van der Waals surface area contributed by atoms with Crippen molar-refractivity contribution in [1.82, 2.24) is 0 Å². The number of allylic oxidation sites excluding steroid dienone is 1. The van der Waals surface area contributed by atoms with Crippen molar-refractivity contribution in [2.24, 2.45) is 0 Å². The van der Waals surface area contributed by atoms with Crippen molar-refractivity contribution in [3.05, 3.63) is 34.9 Å². The first-order valence-corrected chi connectivity index (χ1v) is 5.08. The summed E-state index contributed by atoms with van der Waals surface area (Å²) >= 11 is 0. The Morgan fingerprint density at radius 1 is 1.13 bits per heavy atom. The molecule has 0 saturated carbocycles. The summed E-state index contributed by atoms with van der Waals surface area (Å²) in [5, 5.41) is 0. The molecule has 0 aliphatic heterocycles. The van der Waals surface area contributed by atoms with Gasteiger partial charge in [0.25, 0.3) is 0 Å². The monoisotopic (exact) mass is 204 g/mol. The van der Waals surface area contributed by atoms with Crippen molar-refractivity contribution >= 4 is 5.57 Å². The molecule has 0 spiro atoms. The van der Waals surface area contributed by atoms with E-state index in [9.17, 15) is 0 Å². The quantitative estimate of drug-likeness (QED) is 0.736. The molecule has 0 saturated heterocycles. The highest BCUT2D eigenvalue weighted by atomic mass is 16.5. The maximum atomic E-state index is 5.52. The van der Waals surface area contributed by atoms with Crippen LogP contribution < -0.4 is 4.74 Å². The molecule has 1 aliphatic carbocycles. The van der Waals surface area contributed by atoms with E-state index in [1.807, 2.05) is 12.1 Å². The Labute approximate surface area is 90.5 Å². The maximum Gasteiger partial charge on any atom is 0.125 e. The van der Waals surface area contributed by atoms with Gasteiger partial charge in [-0.25, -0.2) is 0 Å². The minimum Gasteiger partial charge on any atom is -0.496 e. The number of benzene rings is 1. The number of hydrogen-bond acceptors (Lipinski definition) is 2. The Kier molecular flexibility index (Phi) is 2.53. The fraction of sp³-hybridized carbons (Fsp3) is 0.385. The van der Waals surface area contributed by atoms with E-state index < -0.39 is 0 Å². The van der Waals surface area contributed by atoms with Crippen LogP contribution in [0.5, 0.6) is 5.75 Å². The number of ether oxygens (including phenoxy) is 2. The third kappa shape index (κ3) is 1.37. The topological polar surface area (TPSA) is 18.5 Å². The lowest BCUT2D eigenvalue weighted by Gasteiger charge is -2.15. The van der Waals surface area contributed by atoms with Gasteiger partial charge >= 0.3 is 0 Å². The molecule has 0 bridgehead atoms. The van der Waals surface area contributed by atoms with Gasteiger partial charge in [0.2, 0.25) is 0 Å². The van der Waals surface area contributed by atoms with E-state index in [0.717, 1.165) is 11.3 Å². The second kappa shape index (κ2) is 3.70. The fourth-order valence-electron chi connectivity index (χ4n) is 2.24. The average Bonchev–Trinajstić information content (AvgIpc) is 2.52. The van der Waals surface area contributed by atoms with Crippen LogP contribution in [0.25, 0.3) is 5.57 Å². The standard InChI is InChI=1S/C13H16O2/c1-8-9(2)13(15-4)12-10(8)6-5-7-11(12)14-3/h5-7,13H,1-4H3. The van der Waals surface area contributed by atoms with E-state index in [2.05, 4.69) is 19.9 Å². The van der Waals surface area contributed by atoms with E-state index in [-0.39, 0.29) is 6.10 Å². The van der Waals surface area contributed by atoms with Gasteiger partial charge in [-0.3, -0.25) is 0 Å². The zero-order chi connectivity index (χ0) is 11.0. The van der Waals surface area contributed by atoms with Crippen molar-refractivity contribution in [2.45, 2.75) is 20.0 Å². The molecule has 2 heteroatoms. The molecule has 1 aromatic carbocycles. The number of fused-ring (bicyclic) bond motifs is 1. The second-order valence-electron chi connectivity index (χ2n) is 3.85.